The smallest absolute Gasteiger partial charge is 0.0755 e. The molecule has 2 heterocycles. The molecule has 4 nitrogen and oxygen atoms in total. The summed E-state index contributed by atoms with van der Waals surface area (Å²) in [6.45, 7) is 5.28. The quantitative estimate of drug-likeness (QED) is 0.832. The Morgan fingerprint density at radius 1 is 1.44 bits per heavy atom. The summed E-state index contributed by atoms with van der Waals surface area (Å²) in [4.78, 5) is 11.0. The van der Waals surface area contributed by atoms with Crippen molar-refractivity contribution in [1.82, 2.24) is 14.9 Å². The van der Waals surface area contributed by atoms with E-state index in [2.05, 4.69) is 21.8 Å². The second-order valence-corrected chi connectivity index (χ2v) is 4.52. The van der Waals surface area contributed by atoms with Gasteiger partial charge in [-0.2, -0.15) is 0 Å². The Labute approximate surface area is 96.9 Å². The molecule has 1 unspecified atom stereocenters. The van der Waals surface area contributed by atoms with Crippen molar-refractivity contribution in [2.24, 2.45) is 11.7 Å². The molecule has 2 rings (SSSR count). The minimum Gasteiger partial charge on any atom is -0.330 e. The van der Waals surface area contributed by atoms with Crippen LogP contribution < -0.4 is 5.73 Å². The van der Waals surface area contributed by atoms with E-state index in [9.17, 15) is 0 Å². The third-order valence-electron chi connectivity index (χ3n) is 3.54. The van der Waals surface area contributed by atoms with Crippen LogP contribution in [0.25, 0.3) is 0 Å². The Bertz CT molecular complexity index is 306. The highest BCUT2D eigenvalue weighted by Crippen LogP contribution is 2.24. The van der Waals surface area contributed by atoms with E-state index in [0.717, 1.165) is 25.3 Å². The van der Waals surface area contributed by atoms with E-state index >= 15 is 0 Å². The van der Waals surface area contributed by atoms with Crippen molar-refractivity contribution in [2.45, 2.75) is 25.8 Å². The number of piperidine rings is 1. The maximum absolute atomic E-state index is 5.70. The van der Waals surface area contributed by atoms with Crippen LogP contribution in [0, 0.1) is 5.92 Å². The van der Waals surface area contributed by atoms with Gasteiger partial charge in [0, 0.05) is 18.6 Å². The molecule has 1 aliphatic heterocycles. The molecule has 1 saturated heterocycles. The molecule has 0 radical (unpaired) electrons. The predicted octanol–water partition coefficient (Wildman–Crippen LogP) is 1.21. The van der Waals surface area contributed by atoms with Gasteiger partial charge in [-0.25, -0.2) is 0 Å². The molecule has 1 fully saturated rings. The van der Waals surface area contributed by atoms with E-state index < -0.39 is 0 Å². The van der Waals surface area contributed by atoms with Crippen LogP contribution in [0.3, 0.4) is 0 Å². The number of hydrogen-bond donors (Lipinski definition) is 1. The van der Waals surface area contributed by atoms with Crippen molar-refractivity contribution in [3.8, 4) is 0 Å². The Kier molecular flexibility index (Phi) is 3.85. The molecule has 2 N–H and O–H groups in total. The lowest BCUT2D eigenvalue weighted by atomic mass is 9.96. The summed E-state index contributed by atoms with van der Waals surface area (Å²) in [5.74, 6) is 0.713. The first-order valence-corrected chi connectivity index (χ1v) is 6.01. The average Bonchev–Trinajstić information content (AvgIpc) is 2.39. The van der Waals surface area contributed by atoms with Crippen molar-refractivity contribution < 1.29 is 0 Å². The number of likely N-dealkylation sites (tertiary alicyclic amines) is 1. The Morgan fingerprint density at radius 2 is 2.19 bits per heavy atom. The van der Waals surface area contributed by atoms with Crippen molar-refractivity contribution in [1.29, 1.82) is 0 Å². The largest absolute Gasteiger partial charge is 0.330 e. The van der Waals surface area contributed by atoms with Crippen molar-refractivity contribution in [3.05, 3.63) is 24.3 Å². The fraction of sp³-hybridized carbons (Fsp3) is 0.667. The molecule has 1 atom stereocenters. The standard InChI is InChI=1S/C12H20N4/c1-10(12-9-14-4-5-15-12)16-6-2-11(8-13)3-7-16/h4-5,9-11H,2-3,6-8,13H2,1H3. The molecule has 0 aliphatic carbocycles. The third-order valence-corrected chi connectivity index (χ3v) is 3.54. The molecule has 4 heteroatoms. The first-order valence-electron chi connectivity index (χ1n) is 6.01. The van der Waals surface area contributed by atoms with Crippen LogP contribution in [0.15, 0.2) is 18.6 Å². The summed E-state index contributed by atoms with van der Waals surface area (Å²) >= 11 is 0. The minimum atomic E-state index is 0.368. The van der Waals surface area contributed by atoms with Gasteiger partial charge in [-0.1, -0.05) is 0 Å². The molecule has 1 aliphatic rings. The molecule has 16 heavy (non-hydrogen) atoms. The van der Waals surface area contributed by atoms with E-state index in [4.69, 9.17) is 5.73 Å². The number of aromatic nitrogens is 2. The lowest BCUT2D eigenvalue weighted by Gasteiger charge is -2.35. The van der Waals surface area contributed by atoms with Gasteiger partial charge >= 0.3 is 0 Å². The first-order chi connectivity index (χ1) is 7.81. The normalized spacial score (nSPS) is 20.9. The van der Waals surface area contributed by atoms with E-state index in [1.807, 2.05) is 6.20 Å². The Morgan fingerprint density at radius 3 is 2.75 bits per heavy atom. The monoisotopic (exact) mass is 220 g/mol. The minimum absolute atomic E-state index is 0.368. The molecule has 0 spiro atoms. The highest BCUT2D eigenvalue weighted by Gasteiger charge is 2.23. The Hall–Kier alpha value is -1.00. The summed E-state index contributed by atoms with van der Waals surface area (Å²) < 4.78 is 0. The van der Waals surface area contributed by atoms with Crippen molar-refractivity contribution >= 4 is 0 Å². The number of nitrogens with two attached hydrogens (primary N) is 1. The SMILES string of the molecule is CC(c1cnccn1)N1CCC(CN)CC1. The number of rotatable bonds is 3. The second-order valence-electron chi connectivity index (χ2n) is 4.52. The van der Waals surface area contributed by atoms with Gasteiger partial charge in [-0.05, 0) is 45.3 Å². The molecule has 0 saturated carbocycles. The van der Waals surface area contributed by atoms with Crippen LogP contribution in [0.1, 0.15) is 31.5 Å². The lowest BCUT2D eigenvalue weighted by Crippen LogP contribution is -2.37. The van der Waals surface area contributed by atoms with E-state index in [1.54, 1.807) is 12.4 Å². The average molecular weight is 220 g/mol. The molecular formula is C12H20N4. The van der Waals surface area contributed by atoms with Crippen LogP contribution in [0.5, 0.6) is 0 Å². The topological polar surface area (TPSA) is 55.0 Å². The van der Waals surface area contributed by atoms with E-state index in [-0.39, 0.29) is 0 Å². The zero-order valence-electron chi connectivity index (χ0n) is 9.84. The Balaban J connectivity index is 1.94. The van der Waals surface area contributed by atoms with Crippen LogP contribution in [0.2, 0.25) is 0 Å². The van der Waals surface area contributed by atoms with E-state index in [0.29, 0.717) is 12.0 Å². The lowest BCUT2D eigenvalue weighted by molar-refractivity contribution is 0.141. The first kappa shape index (κ1) is 11.5. The van der Waals surface area contributed by atoms with Gasteiger partial charge in [0.15, 0.2) is 0 Å². The van der Waals surface area contributed by atoms with Crippen molar-refractivity contribution in [2.75, 3.05) is 19.6 Å². The summed E-state index contributed by atoms with van der Waals surface area (Å²) in [6, 6.07) is 0.368. The summed E-state index contributed by atoms with van der Waals surface area (Å²) in [7, 11) is 0. The highest BCUT2D eigenvalue weighted by molar-refractivity contribution is 5.01. The van der Waals surface area contributed by atoms with Gasteiger partial charge in [-0.3, -0.25) is 14.9 Å². The second kappa shape index (κ2) is 5.37. The molecule has 0 aromatic carbocycles. The molecule has 0 bridgehead atoms. The van der Waals surface area contributed by atoms with Crippen molar-refractivity contribution in [3.63, 3.8) is 0 Å². The molecule has 1 aromatic rings. The summed E-state index contributed by atoms with van der Waals surface area (Å²) in [6.07, 6.45) is 7.76. The number of nitrogens with zero attached hydrogens (tertiary/aromatic N) is 3. The van der Waals surface area contributed by atoms with Crippen LogP contribution in [-0.4, -0.2) is 34.5 Å². The molecule has 1 aromatic heterocycles. The van der Waals surface area contributed by atoms with Crippen LogP contribution in [-0.2, 0) is 0 Å². The summed E-state index contributed by atoms with van der Waals surface area (Å²) in [5.41, 5.74) is 6.76. The van der Waals surface area contributed by atoms with Gasteiger partial charge in [0.25, 0.3) is 0 Å². The fourth-order valence-corrected chi connectivity index (χ4v) is 2.29. The zero-order valence-corrected chi connectivity index (χ0v) is 9.84. The van der Waals surface area contributed by atoms with Gasteiger partial charge in [0.1, 0.15) is 0 Å². The van der Waals surface area contributed by atoms with Crippen LogP contribution >= 0.6 is 0 Å². The van der Waals surface area contributed by atoms with Gasteiger partial charge in [0.05, 0.1) is 11.7 Å². The van der Waals surface area contributed by atoms with E-state index in [1.165, 1.54) is 12.8 Å². The highest BCUT2D eigenvalue weighted by atomic mass is 15.2. The number of hydrogen-bond acceptors (Lipinski definition) is 4. The third kappa shape index (κ3) is 2.57. The fourth-order valence-electron chi connectivity index (χ4n) is 2.29. The van der Waals surface area contributed by atoms with Gasteiger partial charge in [0.2, 0.25) is 0 Å². The summed E-state index contributed by atoms with van der Waals surface area (Å²) in [5, 5.41) is 0. The molecule has 0 amide bonds. The molecular weight excluding hydrogens is 200 g/mol. The maximum atomic E-state index is 5.70. The maximum Gasteiger partial charge on any atom is 0.0755 e. The van der Waals surface area contributed by atoms with Gasteiger partial charge in [-0.15, -0.1) is 0 Å². The predicted molar refractivity (Wildman–Crippen MR) is 63.8 cm³/mol. The van der Waals surface area contributed by atoms with Crippen LogP contribution in [0.4, 0.5) is 0 Å². The van der Waals surface area contributed by atoms with Gasteiger partial charge < -0.3 is 5.73 Å². The zero-order chi connectivity index (χ0) is 11.4. The molecule has 88 valence electrons.